The van der Waals surface area contributed by atoms with Gasteiger partial charge in [0.25, 0.3) is 0 Å². The van der Waals surface area contributed by atoms with Crippen LogP contribution in [0.15, 0.2) is 217 Å². The van der Waals surface area contributed by atoms with E-state index in [-0.39, 0.29) is 75.1 Å². The fraction of sp³-hybridized carbons (Fsp3) is 0. The molecule has 0 amide bonds. The second-order valence-corrected chi connectivity index (χ2v) is 14.3. The molecule has 2 heterocycles. The lowest BCUT2D eigenvalue weighted by Gasteiger charge is -2.11. The second kappa shape index (κ2) is 14.5. The van der Waals surface area contributed by atoms with E-state index in [1.165, 1.54) is 0 Å². The van der Waals surface area contributed by atoms with Gasteiger partial charge in [-0.15, -0.1) is 0 Å². The van der Waals surface area contributed by atoms with Gasteiger partial charge < -0.3 is 4.42 Å². The first-order valence-corrected chi connectivity index (χ1v) is 19.4. The Bertz CT molecular complexity index is 3650. The molecule has 0 atom stereocenters. The zero-order valence-electron chi connectivity index (χ0n) is 37.5. The third kappa shape index (κ3) is 6.43. The molecule has 0 aliphatic carbocycles. The minimum Gasteiger partial charge on any atom is -0.456 e. The predicted molar refractivity (Wildman–Crippen MR) is 243 cm³/mol. The molecule has 11 rings (SSSR count). The van der Waals surface area contributed by atoms with Crippen molar-refractivity contribution in [3.63, 3.8) is 0 Å². The van der Waals surface area contributed by atoms with Crippen LogP contribution in [0.25, 0.3) is 111 Å². The summed E-state index contributed by atoms with van der Waals surface area (Å²) in [5.41, 5.74) is 7.69. The molecule has 0 aliphatic heterocycles. The zero-order chi connectivity index (χ0) is 44.3. The summed E-state index contributed by atoms with van der Waals surface area (Å²) >= 11 is 0. The van der Waals surface area contributed by atoms with Crippen LogP contribution in [-0.4, -0.2) is 15.0 Å². The number of benzene rings is 9. The third-order valence-corrected chi connectivity index (χ3v) is 10.6. The van der Waals surface area contributed by atoms with Gasteiger partial charge in [-0.3, -0.25) is 0 Å². The van der Waals surface area contributed by atoms with Gasteiger partial charge in [0.15, 0.2) is 17.5 Å². The maximum atomic E-state index is 9.60. The van der Waals surface area contributed by atoms with E-state index >= 15 is 0 Å². The van der Waals surface area contributed by atoms with Crippen LogP contribution >= 0.6 is 0 Å². The number of fused-ring (bicyclic) bond motifs is 4. The summed E-state index contributed by atoms with van der Waals surface area (Å²) in [7, 11) is 0. The van der Waals surface area contributed by atoms with Gasteiger partial charge in [-0.05, 0) is 79.4 Å². The summed E-state index contributed by atoms with van der Waals surface area (Å²) in [6.45, 7) is 0. The highest BCUT2D eigenvalue weighted by Gasteiger charge is 2.17. The monoisotopic (exact) mass is 759 g/mol. The lowest BCUT2D eigenvalue weighted by Crippen LogP contribution is -2.00. The molecule has 0 N–H and O–H groups in total. The maximum absolute atomic E-state index is 9.60. The number of rotatable bonds is 7. The van der Waals surface area contributed by atoms with E-state index < -0.39 is 0 Å². The van der Waals surface area contributed by atoms with E-state index in [1.54, 1.807) is 0 Å². The minimum absolute atomic E-state index is 0.00280. The highest BCUT2D eigenvalue weighted by atomic mass is 16.3. The average Bonchev–Trinajstić information content (AvgIpc) is 3.78. The number of furan rings is 1. The molecular weight excluding hydrogens is 719 g/mol. The molecule has 11 aromatic rings. The largest absolute Gasteiger partial charge is 0.456 e. The van der Waals surface area contributed by atoms with E-state index in [0.29, 0.717) is 28.3 Å². The highest BCUT2D eigenvalue weighted by molar-refractivity contribution is 6.07. The topological polar surface area (TPSA) is 51.8 Å². The van der Waals surface area contributed by atoms with Crippen molar-refractivity contribution in [1.82, 2.24) is 15.0 Å². The Kier molecular flexibility index (Phi) is 7.00. The quantitative estimate of drug-likeness (QED) is 0.162. The Hall–Kier alpha value is -7.95. The zero-order valence-corrected chi connectivity index (χ0v) is 31.5. The van der Waals surface area contributed by atoms with Crippen LogP contribution in [0.4, 0.5) is 0 Å². The predicted octanol–water partition coefficient (Wildman–Crippen LogP) is 14.6. The van der Waals surface area contributed by atoms with Crippen LogP contribution in [0, 0.1) is 0 Å². The van der Waals surface area contributed by atoms with Gasteiger partial charge in [-0.1, -0.05) is 188 Å². The summed E-state index contributed by atoms with van der Waals surface area (Å²) in [5.74, 6) is 0.608. The average molecular weight is 760 g/mol. The SMILES string of the molecule is [2H]c1c(-c2ccccc2-c2ccccc2)c([2H])c2c(oc3c([2H])c(-c4nc(-c5ccc(-c6ccccc6)cc5)nc(-c5ccc(-c6cccc7ccccc67)cc5)n4)c([2H])c([2H])c32)c1[2H]. The first kappa shape index (κ1) is 28.4. The van der Waals surface area contributed by atoms with Crippen molar-refractivity contribution < 1.29 is 12.6 Å². The summed E-state index contributed by atoms with van der Waals surface area (Å²) in [5, 5.41) is 2.41. The van der Waals surface area contributed by atoms with Gasteiger partial charge >= 0.3 is 0 Å². The second-order valence-electron chi connectivity index (χ2n) is 14.3. The first-order valence-electron chi connectivity index (χ1n) is 22.4. The highest BCUT2D eigenvalue weighted by Crippen LogP contribution is 2.38. The van der Waals surface area contributed by atoms with Crippen LogP contribution in [-0.2, 0) is 0 Å². The van der Waals surface area contributed by atoms with E-state index in [9.17, 15) is 5.48 Å². The van der Waals surface area contributed by atoms with Crippen molar-refractivity contribution in [2.75, 3.05) is 0 Å². The Labute approximate surface area is 350 Å². The number of nitrogens with zero attached hydrogens (tertiary/aromatic N) is 3. The fourth-order valence-corrected chi connectivity index (χ4v) is 7.67. The van der Waals surface area contributed by atoms with E-state index in [2.05, 4.69) is 24.3 Å². The van der Waals surface area contributed by atoms with Gasteiger partial charge in [-0.2, -0.15) is 0 Å². The number of hydrogen-bond donors (Lipinski definition) is 0. The van der Waals surface area contributed by atoms with Gasteiger partial charge in [0.1, 0.15) is 11.2 Å². The van der Waals surface area contributed by atoms with E-state index in [4.69, 9.17) is 22.1 Å². The Morgan fingerprint density at radius 2 is 0.797 bits per heavy atom. The molecule has 4 heteroatoms. The molecule has 0 unspecified atom stereocenters. The van der Waals surface area contributed by atoms with Gasteiger partial charge in [0, 0.05) is 27.5 Å². The minimum atomic E-state index is -0.342. The van der Waals surface area contributed by atoms with Gasteiger partial charge in [-0.25, -0.2) is 15.0 Å². The van der Waals surface area contributed by atoms with Crippen molar-refractivity contribution in [2.45, 2.75) is 0 Å². The smallest absolute Gasteiger partial charge is 0.164 e. The van der Waals surface area contributed by atoms with Gasteiger partial charge in [0.2, 0.25) is 0 Å². The number of aromatic nitrogens is 3. The molecule has 0 aliphatic rings. The molecule has 0 saturated heterocycles. The van der Waals surface area contributed by atoms with Crippen molar-refractivity contribution >= 4 is 32.7 Å². The summed E-state index contributed by atoms with van der Waals surface area (Å²) in [6, 6.07) is 55.8. The molecule has 9 aromatic carbocycles. The molecule has 2 aromatic heterocycles. The lowest BCUT2D eigenvalue weighted by atomic mass is 9.94. The van der Waals surface area contributed by atoms with Crippen molar-refractivity contribution in [1.29, 1.82) is 0 Å². The molecular formula is C55H35N3O. The summed E-state index contributed by atoms with van der Waals surface area (Å²) in [6.07, 6.45) is 0. The molecule has 0 bridgehead atoms. The summed E-state index contributed by atoms with van der Waals surface area (Å²) < 4.78 is 62.7. The normalized spacial score (nSPS) is 12.8. The van der Waals surface area contributed by atoms with Crippen LogP contribution in [0.1, 0.15) is 8.22 Å². The molecule has 0 spiro atoms. The Morgan fingerprint density at radius 1 is 0.305 bits per heavy atom. The lowest BCUT2D eigenvalue weighted by molar-refractivity contribution is 0.669. The van der Waals surface area contributed by atoms with Crippen LogP contribution in [0.3, 0.4) is 0 Å². The Morgan fingerprint density at radius 3 is 1.51 bits per heavy atom. The van der Waals surface area contributed by atoms with Crippen LogP contribution in [0.5, 0.6) is 0 Å². The maximum Gasteiger partial charge on any atom is 0.164 e. The summed E-state index contributed by atoms with van der Waals surface area (Å²) in [4.78, 5) is 14.7. The molecule has 0 radical (unpaired) electrons. The standard InChI is InChI=1S/C55H35N3O/c1-3-12-36(13-4-1)37-22-26-41(27-23-37)53-56-54(42-28-24-40(25-29-42)47-21-11-17-39-16-7-8-18-45(39)47)58-55(57-53)44-30-32-49-50-34-43(31-33-51(50)59-52(49)35-44)48-20-10-9-19-46(48)38-14-5-2-6-15-38/h1-35H/i30D,31D,32D,33D,34D,35D. The van der Waals surface area contributed by atoms with E-state index in [1.807, 2.05) is 152 Å². The van der Waals surface area contributed by atoms with E-state index in [0.717, 1.165) is 44.2 Å². The third-order valence-electron chi connectivity index (χ3n) is 10.6. The first-order chi connectivity index (χ1) is 31.7. The number of hydrogen-bond acceptors (Lipinski definition) is 4. The molecule has 0 saturated carbocycles. The van der Waals surface area contributed by atoms with Crippen molar-refractivity contribution in [3.05, 3.63) is 212 Å². The van der Waals surface area contributed by atoms with Crippen LogP contribution in [0.2, 0.25) is 0 Å². The Balaban J connectivity index is 1.09. The van der Waals surface area contributed by atoms with Crippen LogP contribution < -0.4 is 0 Å². The van der Waals surface area contributed by atoms with Crippen molar-refractivity contribution in [2.24, 2.45) is 0 Å². The molecule has 59 heavy (non-hydrogen) atoms. The molecule has 276 valence electrons. The van der Waals surface area contributed by atoms with Crippen molar-refractivity contribution in [3.8, 4) is 78.7 Å². The molecule has 4 nitrogen and oxygen atoms in total. The fourth-order valence-electron chi connectivity index (χ4n) is 7.67. The molecule has 0 fully saturated rings. The van der Waals surface area contributed by atoms with Gasteiger partial charge in [0.05, 0.1) is 8.22 Å².